The number of nitrogens with two attached hydrogens (primary N) is 1. The molecule has 0 aliphatic carbocycles. The Bertz CT molecular complexity index is 343. The van der Waals surface area contributed by atoms with Crippen molar-refractivity contribution in [3.63, 3.8) is 0 Å². The van der Waals surface area contributed by atoms with Crippen LogP contribution in [0.25, 0.3) is 0 Å². The highest BCUT2D eigenvalue weighted by Gasteiger charge is 2.16. The fourth-order valence-corrected chi connectivity index (χ4v) is 1.39. The molecule has 0 aliphatic rings. The van der Waals surface area contributed by atoms with Gasteiger partial charge in [0.1, 0.15) is 0 Å². The van der Waals surface area contributed by atoms with Gasteiger partial charge >= 0.3 is 0 Å². The van der Waals surface area contributed by atoms with Gasteiger partial charge in [-0.05, 0) is 13.0 Å². The van der Waals surface area contributed by atoms with Crippen molar-refractivity contribution in [1.82, 2.24) is 0 Å². The van der Waals surface area contributed by atoms with Gasteiger partial charge in [0.2, 0.25) is 0 Å². The van der Waals surface area contributed by atoms with Gasteiger partial charge in [0, 0.05) is 5.56 Å². The van der Waals surface area contributed by atoms with E-state index in [9.17, 15) is 8.60 Å². The van der Waals surface area contributed by atoms with Crippen molar-refractivity contribution >= 4 is 16.8 Å². The zero-order valence-corrected chi connectivity index (χ0v) is 7.84. The zero-order valence-electron chi connectivity index (χ0n) is 7.03. The number of hydrogen-bond donors (Lipinski definition) is 2. The SMILES string of the molecule is CC(c1cccc(N)c1F)S(=O)O. The summed E-state index contributed by atoms with van der Waals surface area (Å²) >= 11 is -2.08. The van der Waals surface area contributed by atoms with Crippen LogP contribution < -0.4 is 5.73 Å². The number of rotatable bonds is 2. The molecule has 13 heavy (non-hydrogen) atoms. The Labute approximate surface area is 78.0 Å². The van der Waals surface area contributed by atoms with Gasteiger partial charge in [0.05, 0.1) is 10.9 Å². The highest BCUT2D eigenvalue weighted by molar-refractivity contribution is 7.79. The van der Waals surface area contributed by atoms with Crippen molar-refractivity contribution in [3.8, 4) is 0 Å². The molecule has 1 aromatic rings. The van der Waals surface area contributed by atoms with Gasteiger partial charge in [-0.1, -0.05) is 12.1 Å². The predicted molar refractivity (Wildman–Crippen MR) is 50.0 cm³/mol. The van der Waals surface area contributed by atoms with Crippen molar-refractivity contribution in [1.29, 1.82) is 0 Å². The molecule has 3 nitrogen and oxygen atoms in total. The molecule has 0 fully saturated rings. The lowest BCUT2D eigenvalue weighted by molar-refractivity contribution is 0.547. The molecule has 0 heterocycles. The summed E-state index contributed by atoms with van der Waals surface area (Å²) in [6, 6.07) is 4.41. The van der Waals surface area contributed by atoms with Crippen LogP contribution in [0.15, 0.2) is 18.2 Å². The first-order valence-corrected chi connectivity index (χ1v) is 4.84. The molecule has 1 rings (SSSR count). The van der Waals surface area contributed by atoms with Crippen LogP contribution in [0.3, 0.4) is 0 Å². The molecule has 0 amide bonds. The second-order valence-electron chi connectivity index (χ2n) is 2.67. The second kappa shape index (κ2) is 3.85. The minimum Gasteiger partial charge on any atom is -0.396 e. The van der Waals surface area contributed by atoms with Gasteiger partial charge in [-0.15, -0.1) is 0 Å². The summed E-state index contributed by atoms with van der Waals surface area (Å²) < 4.78 is 32.7. The molecule has 0 radical (unpaired) electrons. The number of nitrogen functional groups attached to an aromatic ring is 1. The van der Waals surface area contributed by atoms with Crippen molar-refractivity contribution in [3.05, 3.63) is 29.6 Å². The monoisotopic (exact) mass is 203 g/mol. The van der Waals surface area contributed by atoms with Crippen LogP contribution in [0.4, 0.5) is 10.1 Å². The summed E-state index contributed by atoms with van der Waals surface area (Å²) in [6.07, 6.45) is 0. The Hall–Kier alpha value is -0.940. The molecule has 2 atom stereocenters. The summed E-state index contributed by atoms with van der Waals surface area (Å²) in [5, 5.41) is -0.761. The first-order chi connectivity index (χ1) is 6.04. The van der Waals surface area contributed by atoms with Gasteiger partial charge in [-0.3, -0.25) is 0 Å². The third-order valence-electron chi connectivity index (χ3n) is 1.80. The van der Waals surface area contributed by atoms with Crippen LogP contribution in [0, 0.1) is 5.82 Å². The van der Waals surface area contributed by atoms with Crippen LogP contribution in [0.5, 0.6) is 0 Å². The summed E-state index contributed by atoms with van der Waals surface area (Å²) in [6.45, 7) is 1.47. The minimum absolute atomic E-state index is 0.00481. The van der Waals surface area contributed by atoms with E-state index in [0.717, 1.165) is 0 Å². The van der Waals surface area contributed by atoms with Crippen LogP contribution >= 0.6 is 0 Å². The Balaban J connectivity index is 3.15. The molecule has 5 heteroatoms. The normalized spacial score (nSPS) is 15.3. The van der Waals surface area contributed by atoms with E-state index < -0.39 is 22.1 Å². The topological polar surface area (TPSA) is 63.3 Å². The average Bonchev–Trinajstić information content (AvgIpc) is 2.08. The Morgan fingerprint density at radius 3 is 2.77 bits per heavy atom. The molecule has 2 unspecified atom stereocenters. The number of benzene rings is 1. The Morgan fingerprint density at radius 1 is 1.62 bits per heavy atom. The quantitative estimate of drug-likeness (QED) is 0.568. The van der Waals surface area contributed by atoms with E-state index in [2.05, 4.69) is 0 Å². The molecule has 0 aromatic heterocycles. The maximum Gasteiger partial charge on any atom is 0.160 e. The third kappa shape index (κ3) is 2.05. The van der Waals surface area contributed by atoms with Crippen molar-refractivity contribution in [2.24, 2.45) is 0 Å². The van der Waals surface area contributed by atoms with E-state index in [-0.39, 0.29) is 11.3 Å². The highest BCUT2D eigenvalue weighted by Crippen LogP contribution is 2.24. The molecule has 72 valence electrons. The van der Waals surface area contributed by atoms with E-state index in [1.807, 2.05) is 0 Å². The number of hydrogen-bond acceptors (Lipinski definition) is 2. The molecule has 0 saturated heterocycles. The van der Waals surface area contributed by atoms with E-state index in [4.69, 9.17) is 10.3 Å². The molecular weight excluding hydrogens is 193 g/mol. The van der Waals surface area contributed by atoms with Crippen LogP contribution in [-0.2, 0) is 11.1 Å². The van der Waals surface area contributed by atoms with E-state index in [0.29, 0.717) is 0 Å². The van der Waals surface area contributed by atoms with Gasteiger partial charge in [0.15, 0.2) is 16.9 Å². The second-order valence-corrected chi connectivity index (χ2v) is 3.93. The third-order valence-corrected chi connectivity index (χ3v) is 2.66. The summed E-state index contributed by atoms with van der Waals surface area (Å²) in [5.41, 5.74) is 5.47. The molecule has 0 spiro atoms. The highest BCUT2D eigenvalue weighted by atomic mass is 32.2. The number of halogens is 1. The number of anilines is 1. The maximum atomic E-state index is 13.2. The van der Waals surface area contributed by atoms with Gasteiger partial charge in [-0.2, -0.15) is 0 Å². The minimum atomic E-state index is -2.08. The lowest BCUT2D eigenvalue weighted by Crippen LogP contribution is -2.05. The summed E-state index contributed by atoms with van der Waals surface area (Å²) in [4.78, 5) is 0. The largest absolute Gasteiger partial charge is 0.396 e. The molecule has 0 bridgehead atoms. The van der Waals surface area contributed by atoms with Crippen LogP contribution in [0.1, 0.15) is 17.7 Å². The smallest absolute Gasteiger partial charge is 0.160 e. The van der Waals surface area contributed by atoms with Crippen molar-refractivity contribution < 1.29 is 13.2 Å². The molecular formula is C8H10FNO2S. The van der Waals surface area contributed by atoms with E-state index in [1.165, 1.54) is 19.1 Å². The van der Waals surface area contributed by atoms with E-state index >= 15 is 0 Å². The van der Waals surface area contributed by atoms with Crippen LogP contribution in [0.2, 0.25) is 0 Å². The van der Waals surface area contributed by atoms with Gasteiger partial charge in [-0.25, -0.2) is 8.60 Å². The predicted octanol–water partition coefficient (Wildman–Crippen LogP) is 1.69. The van der Waals surface area contributed by atoms with Gasteiger partial charge < -0.3 is 10.3 Å². The maximum absolute atomic E-state index is 13.2. The van der Waals surface area contributed by atoms with Crippen LogP contribution in [-0.4, -0.2) is 8.76 Å². The van der Waals surface area contributed by atoms with Crippen molar-refractivity contribution in [2.75, 3.05) is 5.73 Å². The molecule has 0 aliphatic heterocycles. The average molecular weight is 203 g/mol. The fourth-order valence-electron chi connectivity index (χ4n) is 0.991. The first kappa shape index (κ1) is 10.1. The van der Waals surface area contributed by atoms with E-state index in [1.54, 1.807) is 6.07 Å². The molecule has 3 N–H and O–H groups in total. The fraction of sp³-hybridized carbons (Fsp3) is 0.250. The first-order valence-electron chi connectivity index (χ1n) is 3.67. The molecule has 1 aromatic carbocycles. The lowest BCUT2D eigenvalue weighted by atomic mass is 10.1. The zero-order chi connectivity index (χ0) is 10.0. The summed E-state index contributed by atoms with van der Waals surface area (Å²) in [5.74, 6) is -0.614. The standard InChI is InChI=1S/C8H10FNO2S/c1-5(13(11)12)6-3-2-4-7(10)8(6)9/h2-5H,10H2,1H3,(H,11,12). The molecule has 0 saturated carbocycles. The van der Waals surface area contributed by atoms with Crippen molar-refractivity contribution in [2.45, 2.75) is 12.2 Å². The Kier molecular flexibility index (Phi) is 3.00. The summed E-state index contributed by atoms with van der Waals surface area (Å²) in [7, 11) is 0. The Morgan fingerprint density at radius 2 is 2.23 bits per heavy atom. The lowest BCUT2D eigenvalue weighted by Gasteiger charge is -2.09. The van der Waals surface area contributed by atoms with Gasteiger partial charge in [0.25, 0.3) is 0 Å².